The molecule has 0 saturated carbocycles. The topological polar surface area (TPSA) is 26.3 Å². The Morgan fingerprint density at radius 3 is 2.38 bits per heavy atom. The molecule has 0 fully saturated rings. The first-order chi connectivity index (χ1) is 6.16. The van der Waals surface area contributed by atoms with Gasteiger partial charge in [0.1, 0.15) is 5.83 Å². The van der Waals surface area contributed by atoms with Gasteiger partial charge in [-0.25, -0.2) is 9.18 Å². The van der Waals surface area contributed by atoms with Crippen LogP contribution in [0.4, 0.5) is 4.39 Å². The van der Waals surface area contributed by atoms with Gasteiger partial charge < -0.3 is 4.74 Å². The second-order valence-electron chi connectivity index (χ2n) is 2.44. The number of esters is 1. The van der Waals surface area contributed by atoms with E-state index in [1.165, 1.54) is 19.2 Å². The van der Waals surface area contributed by atoms with Crippen LogP contribution in [0.15, 0.2) is 30.8 Å². The maximum Gasteiger partial charge on any atom is 0.338 e. The number of ether oxygens (including phenoxy) is 1. The minimum absolute atomic E-state index is 0.175. The largest absolute Gasteiger partial charge is 0.465 e. The van der Waals surface area contributed by atoms with Gasteiger partial charge in [0.2, 0.25) is 0 Å². The monoisotopic (exact) mass is 180 g/mol. The van der Waals surface area contributed by atoms with Crippen molar-refractivity contribution in [1.82, 2.24) is 0 Å². The second kappa shape index (κ2) is 3.85. The van der Waals surface area contributed by atoms with Crippen LogP contribution < -0.4 is 0 Å². The fraction of sp³-hybridized carbons (Fsp3) is 0.100. The summed E-state index contributed by atoms with van der Waals surface area (Å²) in [6.07, 6.45) is 0. The third-order valence-corrected chi connectivity index (χ3v) is 1.62. The van der Waals surface area contributed by atoms with Crippen molar-refractivity contribution in [3.63, 3.8) is 0 Å². The zero-order valence-electron chi connectivity index (χ0n) is 7.21. The Morgan fingerprint density at radius 2 is 1.92 bits per heavy atom. The Morgan fingerprint density at radius 1 is 1.38 bits per heavy atom. The predicted molar refractivity (Wildman–Crippen MR) is 47.9 cm³/mol. The third-order valence-electron chi connectivity index (χ3n) is 1.62. The number of hydrogen-bond acceptors (Lipinski definition) is 2. The predicted octanol–water partition coefficient (Wildman–Crippen LogP) is 2.41. The highest BCUT2D eigenvalue weighted by atomic mass is 19.1. The van der Waals surface area contributed by atoms with E-state index in [4.69, 9.17) is 0 Å². The summed E-state index contributed by atoms with van der Waals surface area (Å²) in [6, 6.07) is 6.24. The standard InChI is InChI=1S/C10H9FO2/c1-7(11)8-5-3-4-6-9(8)10(12)13-2/h3-6H,1H2,2H3. The smallest absolute Gasteiger partial charge is 0.338 e. The van der Waals surface area contributed by atoms with E-state index in [1.807, 2.05) is 0 Å². The van der Waals surface area contributed by atoms with Crippen molar-refractivity contribution < 1.29 is 13.9 Å². The van der Waals surface area contributed by atoms with E-state index in [0.717, 1.165) is 0 Å². The van der Waals surface area contributed by atoms with Gasteiger partial charge in [-0.1, -0.05) is 24.8 Å². The van der Waals surface area contributed by atoms with E-state index in [1.54, 1.807) is 12.1 Å². The lowest BCUT2D eigenvalue weighted by atomic mass is 10.1. The number of carbonyl (C=O) groups is 1. The summed E-state index contributed by atoms with van der Waals surface area (Å²) in [5, 5.41) is 0. The number of methoxy groups -OCH3 is 1. The van der Waals surface area contributed by atoms with Crippen molar-refractivity contribution in [3.8, 4) is 0 Å². The number of halogens is 1. The molecule has 0 aliphatic heterocycles. The van der Waals surface area contributed by atoms with Gasteiger partial charge in [0.25, 0.3) is 0 Å². The van der Waals surface area contributed by atoms with Crippen LogP contribution in [0.25, 0.3) is 5.83 Å². The number of carbonyl (C=O) groups excluding carboxylic acids is 1. The maximum atomic E-state index is 12.8. The molecule has 0 aliphatic carbocycles. The van der Waals surface area contributed by atoms with Crippen LogP contribution in [-0.2, 0) is 4.74 Å². The number of rotatable bonds is 2. The van der Waals surface area contributed by atoms with Crippen LogP contribution in [0, 0.1) is 0 Å². The average Bonchev–Trinajstić information content (AvgIpc) is 2.16. The molecule has 0 amide bonds. The highest BCUT2D eigenvalue weighted by Gasteiger charge is 2.12. The molecule has 1 aromatic carbocycles. The highest BCUT2D eigenvalue weighted by molar-refractivity contribution is 5.94. The molecule has 0 heterocycles. The molecule has 0 radical (unpaired) electrons. The van der Waals surface area contributed by atoms with Crippen molar-refractivity contribution in [3.05, 3.63) is 42.0 Å². The Balaban J connectivity index is 3.19. The number of hydrogen-bond donors (Lipinski definition) is 0. The van der Waals surface area contributed by atoms with Crippen LogP contribution in [0.2, 0.25) is 0 Å². The van der Waals surface area contributed by atoms with Gasteiger partial charge >= 0.3 is 5.97 Å². The molecule has 0 saturated heterocycles. The van der Waals surface area contributed by atoms with Crippen LogP contribution in [0.3, 0.4) is 0 Å². The average molecular weight is 180 g/mol. The first-order valence-electron chi connectivity index (χ1n) is 3.69. The van der Waals surface area contributed by atoms with Crippen molar-refractivity contribution in [2.75, 3.05) is 7.11 Å². The minimum Gasteiger partial charge on any atom is -0.465 e. The summed E-state index contributed by atoms with van der Waals surface area (Å²) in [6.45, 7) is 3.13. The van der Waals surface area contributed by atoms with Gasteiger partial charge in [-0.2, -0.15) is 0 Å². The second-order valence-corrected chi connectivity index (χ2v) is 2.44. The molecule has 0 aromatic heterocycles. The first-order valence-corrected chi connectivity index (χ1v) is 3.69. The molecular weight excluding hydrogens is 171 g/mol. The van der Waals surface area contributed by atoms with Gasteiger partial charge in [-0.05, 0) is 6.07 Å². The quantitative estimate of drug-likeness (QED) is 0.653. The Hall–Kier alpha value is -1.64. The summed E-state index contributed by atoms with van der Waals surface area (Å²) in [7, 11) is 1.25. The van der Waals surface area contributed by atoms with Crippen molar-refractivity contribution in [2.24, 2.45) is 0 Å². The molecule has 0 bridgehead atoms. The van der Waals surface area contributed by atoms with Crippen LogP contribution in [-0.4, -0.2) is 13.1 Å². The normalized spacial score (nSPS) is 9.38. The third kappa shape index (κ3) is 1.93. The fourth-order valence-electron chi connectivity index (χ4n) is 1.01. The molecule has 1 aromatic rings. The number of benzene rings is 1. The van der Waals surface area contributed by atoms with E-state index in [2.05, 4.69) is 11.3 Å². The maximum absolute atomic E-state index is 12.8. The van der Waals surface area contributed by atoms with E-state index in [0.29, 0.717) is 0 Å². The molecule has 0 spiro atoms. The Kier molecular flexibility index (Phi) is 2.80. The van der Waals surface area contributed by atoms with Crippen molar-refractivity contribution in [1.29, 1.82) is 0 Å². The van der Waals surface area contributed by atoms with Crippen molar-refractivity contribution in [2.45, 2.75) is 0 Å². The summed E-state index contributed by atoms with van der Waals surface area (Å²) in [5.74, 6) is -1.20. The molecule has 0 atom stereocenters. The van der Waals surface area contributed by atoms with Gasteiger partial charge in [0.05, 0.1) is 12.7 Å². The van der Waals surface area contributed by atoms with E-state index in [9.17, 15) is 9.18 Å². The summed E-state index contributed by atoms with van der Waals surface area (Å²) < 4.78 is 17.3. The molecule has 2 nitrogen and oxygen atoms in total. The Labute approximate surface area is 75.6 Å². The lowest BCUT2D eigenvalue weighted by molar-refractivity contribution is 0.0600. The van der Waals surface area contributed by atoms with Crippen LogP contribution in [0.1, 0.15) is 15.9 Å². The zero-order valence-corrected chi connectivity index (χ0v) is 7.21. The first kappa shape index (κ1) is 9.45. The minimum atomic E-state index is -0.638. The molecule has 68 valence electrons. The molecular formula is C10H9FO2. The van der Waals surface area contributed by atoms with Crippen molar-refractivity contribution >= 4 is 11.8 Å². The van der Waals surface area contributed by atoms with Gasteiger partial charge in [-0.15, -0.1) is 0 Å². The highest BCUT2D eigenvalue weighted by Crippen LogP contribution is 2.18. The van der Waals surface area contributed by atoms with E-state index < -0.39 is 11.8 Å². The van der Waals surface area contributed by atoms with Gasteiger partial charge in [0, 0.05) is 5.56 Å². The van der Waals surface area contributed by atoms with Crippen LogP contribution >= 0.6 is 0 Å². The molecule has 0 unspecified atom stereocenters. The zero-order chi connectivity index (χ0) is 9.84. The summed E-state index contributed by atoms with van der Waals surface area (Å²) in [5.41, 5.74) is 0.367. The van der Waals surface area contributed by atoms with E-state index in [-0.39, 0.29) is 11.1 Å². The molecule has 3 heteroatoms. The summed E-state index contributed by atoms with van der Waals surface area (Å²) >= 11 is 0. The fourth-order valence-corrected chi connectivity index (χ4v) is 1.01. The van der Waals surface area contributed by atoms with E-state index >= 15 is 0 Å². The Bertz CT molecular complexity index is 345. The van der Waals surface area contributed by atoms with Gasteiger partial charge in [0.15, 0.2) is 0 Å². The summed E-state index contributed by atoms with van der Waals surface area (Å²) in [4.78, 5) is 11.1. The molecule has 1 rings (SSSR count). The molecule has 0 aliphatic rings. The molecule has 13 heavy (non-hydrogen) atoms. The van der Waals surface area contributed by atoms with Crippen LogP contribution in [0.5, 0.6) is 0 Å². The van der Waals surface area contributed by atoms with Gasteiger partial charge in [-0.3, -0.25) is 0 Å². The lowest BCUT2D eigenvalue weighted by Gasteiger charge is -2.03. The lowest BCUT2D eigenvalue weighted by Crippen LogP contribution is -2.03. The SMILES string of the molecule is C=C(F)c1ccccc1C(=O)OC. The molecule has 0 N–H and O–H groups in total.